The van der Waals surface area contributed by atoms with Crippen LogP contribution in [0.2, 0.25) is 0 Å². The summed E-state index contributed by atoms with van der Waals surface area (Å²) in [6, 6.07) is 10.9. The van der Waals surface area contributed by atoms with Gasteiger partial charge in [0.1, 0.15) is 21.7 Å². The number of anilines is 2. The second-order valence-electron chi connectivity index (χ2n) is 10.5. The second kappa shape index (κ2) is 11.8. The summed E-state index contributed by atoms with van der Waals surface area (Å²) in [5.74, 6) is 1.18. The molecule has 1 aliphatic rings. The fraction of sp³-hybridized carbons (Fsp3) is 0.300. The molecule has 0 aliphatic carbocycles. The van der Waals surface area contributed by atoms with Crippen molar-refractivity contribution in [3.8, 4) is 17.0 Å². The van der Waals surface area contributed by atoms with Crippen molar-refractivity contribution in [1.82, 2.24) is 29.4 Å². The zero-order valence-electron chi connectivity index (χ0n) is 24.0. The number of piperidine rings is 1. The third kappa shape index (κ3) is 5.88. The van der Waals surface area contributed by atoms with Gasteiger partial charge < -0.3 is 15.0 Å². The number of likely N-dealkylation sites (tertiary alicyclic amines) is 1. The van der Waals surface area contributed by atoms with Crippen molar-refractivity contribution in [2.75, 3.05) is 25.5 Å². The lowest BCUT2D eigenvalue weighted by Gasteiger charge is -2.29. The average Bonchev–Trinajstić information content (AvgIpc) is 3.56. The smallest absolute Gasteiger partial charge is 0.261 e. The summed E-state index contributed by atoms with van der Waals surface area (Å²) in [5, 5.41) is 3.88. The van der Waals surface area contributed by atoms with Crippen molar-refractivity contribution in [1.29, 1.82) is 0 Å². The standard InChI is InChI=1S/C30H31N7O4S2/c1-4-37-28-20(14-25(29(37)38)27-19(2)13-24(16-32-27)43(39,40)26-17-31-18-42-26)15-33-30(35-28)34-21-5-7-22(8-6-21)41-23-9-11-36(3)12-10-23/h5-8,13-18,23H,4,9-12H2,1-3H3,(H,33,34,35). The van der Waals surface area contributed by atoms with Crippen LogP contribution in [0.1, 0.15) is 25.3 Å². The van der Waals surface area contributed by atoms with Gasteiger partial charge in [0.15, 0.2) is 0 Å². The van der Waals surface area contributed by atoms with Gasteiger partial charge in [0.2, 0.25) is 15.8 Å². The van der Waals surface area contributed by atoms with Crippen molar-refractivity contribution in [2.45, 2.75) is 48.4 Å². The van der Waals surface area contributed by atoms with Gasteiger partial charge in [-0.25, -0.2) is 13.4 Å². The first-order valence-electron chi connectivity index (χ1n) is 14.0. The quantitative estimate of drug-likeness (QED) is 0.262. The number of sulfone groups is 1. The van der Waals surface area contributed by atoms with Crippen LogP contribution in [0.15, 0.2) is 74.4 Å². The number of fused-ring (bicyclic) bond motifs is 1. The Kier molecular flexibility index (Phi) is 7.95. The Morgan fingerprint density at radius 2 is 1.84 bits per heavy atom. The Bertz CT molecular complexity index is 1930. The molecule has 6 rings (SSSR count). The maximum atomic E-state index is 13.6. The van der Waals surface area contributed by atoms with Crippen LogP contribution in [0.4, 0.5) is 11.6 Å². The summed E-state index contributed by atoms with van der Waals surface area (Å²) in [5.41, 5.74) is 3.79. The van der Waals surface area contributed by atoms with E-state index >= 15 is 0 Å². The normalized spacial score (nSPS) is 14.7. The minimum Gasteiger partial charge on any atom is -0.490 e. The molecular weight excluding hydrogens is 587 g/mol. The lowest BCUT2D eigenvalue weighted by atomic mass is 10.1. The highest BCUT2D eigenvalue weighted by Gasteiger charge is 2.23. The molecule has 1 aromatic carbocycles. The van der Waals surface area contributed by atoms with Gasteiger partial charge in [-0.3, -0.25) is 19.3 Å². The molecule has 0 radical (unpaired) electrons. The summed E-state index contributed by atoms with van der Waals surface area (Å²) in [6.07, 6.45) is 6.51. The van der Waals surface area contributed by atoms with Gasteiger partial charge in [-0.15, -0.1) is 11.3 Å². The number of ether oxygens (including phenoxy) is 1. The summed E-state index contributed by atoms with van der Waals surface area (Å²) >= 11 is 1.04. The minimum absolute atomic E-state index is 0.0510. The molecule has 11 nitrogen and oxygen atoms in total. The second-order valence-corrected chi connectivity index (χ2v) is 13.6. The number of hydrogen-bond acceptors (Lipinski definition) is 11. The number of aromatic nitrogens is 5. The molecule has 1 N–H and O–H groups in total. The number of rotatable bonds is 8. The van der Waals surface area contributed by atoms with Gasteiger partial charge in [0.05, 0.1) is 27.9 Å². The molecule has 0 spiro atoms. The lowest BCUT2D eigenvalue weighted by Crippen LogP contribution is -2.35. The molecule has 4 aromatic heterocycles. The molecule has 0 bridgehead atoms. The monoisotopic (exact) mass is 617 g/mol. The van der Waals surface area contributed by atoms with Crippen molar-refractivity contribution in [3.05, 3.63) is 76.4 Å². The molecule has 0 amide bonds. The van der Waals surface area contributed by atoms with Gasteiger partial charge in [-0.1, -0.05) is 0 Å². The third-order valence-corrected chi connectivity index (χ3v) is 10.5. The van der Waals surface area contributed by atoms with Crippen molar-refractivity contribution in [3.63, 3.8) is 0 Å². The molecule has 1 fully saturated rings. The fourth-order valence-electron chi connectivity index (χ4n) is 5.15. The minimum atomic E-state index is -3.74. The molecule has 5 aromatic rings. The van der Waals surface area contributed by atoms with Gasteiger partial charge >= 0.3 is 0 Å². The van der Waals surface area contributed by atoms with Crippen LogP contribution in [-0.2, 0) is 16.4 Å². The first kappa shape index (κ1) is 28.9. The van der Waals surface area contributed by atoms with Crippen LogP contribution in [0.25, 0.3) is 22.3 Å². The summed E-state index contributed by atoms with van der Waals surface area (Å²) in [4.78, 5) is 33.4. The molecule has 1 aliphatic heterocycles. The van der Waals surface area contributed by atoms with E-state index in [0.29, 0.717) is 40.3 Å². The van der Waals surface area contributed by atoms with E-state index in [-0.39, 0.29) is 20.8 Å². The highest BCUT2D eigenvalue weighted by Crippen LogP contribution is 2.28. The Hall–Kier alpha value is -4.20. The van der Waals surface area contributed by atoms with Crippen LogP contribution in [0.5, 0.6) is 5.75 Å². The highest BCUT2D eigenvalue weighted by molar-refractivity contribution is 7.93. The van der Waals surface area contributed by atoms with E-state index in [0.717, 1.165) is 48.7 Å². The average molecular weight is 618 g/mol. The van der Waals surface area contributed by atoms with Gasteiger partial charge in [-0.2, -0.15) is 4.98 Å². The summed E-state index contributed by atoms with van der Waals surface area (Å²) in [7, 11) is -1.61. The number of aryl methyl sites for hydroxylation is 2. The van der Waals surface area contributed by atoms with E-state index in [4.69, 9.17) is 4.74 Å². The Balaban J connectivity index is 1.25. The van der Waals surface area contributed by atoms with Crippen LogP contribution in [0.3, 0.4) is 0 Å². The van der Waals surface area contributed by atoms with E-state index in [1.807, 2.05) is 31.2 Å². The molecule has 0 atom stereocenters. The molecule has 222 valence electrons. The fourth-order valence-corrected chi connectivity index (χ4v) is 7.38. The molecule has 13 heteroatoms. The van der Waals surface area contributed by atoms with E-state index in [2.05, 4.69) is 37.2 Å². The molecule has 5 heterocycles. The zero-order chi connectivity index (χ0) is 30.1. The van der Waals surface area contributed by atoms with Crippen LogP contribution >= 0.6 is 11.3 Å². The Labute approximate surface area is 253 Å². The van der Waals surface area contributed by atoms with Crippen LogP contribution in [-0.4, -0.2) is 64.1 Å². The zero-order valence-corrected chi connectivity index (χ0v) is 25.7. The number of hydrogen-bond donors (Lipinski definition) is 1. The summed E-state index contributed by atoms with van der Waals surface area (Å²) in [6.45, 7) is 6.05. The van der Waals surface area contributed by atoms with E-state index in [1.165, 1.54) is 24.0 Å². The topological polar surface area (TPSA) is 132 Å². The third-order valence-electron chi connectivity index (χ3n) is 7.52. The predicted molar refractivity (Wildman–Crippen MR) is 166 cm³/mol. The number of thiazole rings is 1. The SMILES string of the molecule is CCn1c(=O)c(-c2ncc(S(=O)(=O)c3cncs3)cc2C)cc2cnc(Nc3ccc(OC4CCN(C)CC4)cc3)nc21. The number of pyridine rings is 2. The van der Waals surface area contributed by atoms with E-state index in [1.54, 1.807) is 23.8 Å². The predicted octanol–water partition coefficient (Wildman–Crippen LogP) is 4.69. The summed E-state index contributed by atoms with van der Waals surface area (Å²) < 4.78 is 33.7. The largest absolute Gasteiger partial charge is 0.490 e. The van der Waals surface area contributed by atoms with E-state index < -0.39 is 9.84 Å². The Morgan fingerprint density at radius 1 is 1.07 bits per heavy atom. The van der Waals surface area contributed by atoms with Crippen LogP contribution in [0, 0.1) is 6.92 Å². The maximum Gasteiger partial charge on any atom is 0.261 e. The highest BCUT2D eigenvalue weighted by atomic mass is 32.2. The number of nitrogens with zero attached hydrogens (tertiary/aromatic N) is 6. The molecule has 0 saturated carbocycles. The van der Waals surface area contributed by atoms with Gasteiger partial charge in [0.25, 0.3) is 5.56 Å². The lowest BCUT2D eigenvalue weighted by molar-refractivity contribution is 0.114. The molecule has 43 heavy (non-hydrogen) atoms. The van der Waals surface area contributed by atoms with Crippen molar-refractivity contribution >= 4 is 43.8 Å². The van der Waals surface area contributed by atoms with Crippen LogP contribution < -0.4 is 15.6 Å². The maximum absolute atomic E-state index is 13.6. The molecule has 0 unspecified atom stereocenters. The molecular formula is C30H31N7O4S2. The first-order valence-corrected chi connectivity index (χ1v) is 16.3. The number of nitrogens with one attached hydrogen (secondary N) is 1. The van der Waals surface area contributed by atoms with Gasteiger partial charge in [-0.05, 0) is 75.7 Å². The first-order chi connectivity index (χ1) is 20.7. The van der Waals surface area contributed by atoms with E-state index in [9.17, 15) is 13.2 Å². The molecule has 1 saturated heterocycles. The van der Waals surface area contributed by atoms with Gasteiger partial charge in [0, 0.05) is 43.1 Å². The number of benzene rings is 1. The van der Waals surface area contributed by atoms with Crippen molar-refractivity contribution in [2.24, 2.45) is 0 Å². The Morgan fingerprint density at radius 3 is 2.51 bits per heavy atom. The van der Waals surface area contributed by atoms with Crippen molar-refractivity contribution < 1.29 is 13.2 Å².